The van der Waals surface area contributed by atoms with E-state index in [0.29, 0.717) is 31.4 Å². The van der Waals surface area contributed by atoms with Crippen LogP contribution in [0.5, 0.6) is 0 Å². The number of hydrogen-bond donors (Lipinski definition) is 1. The van der Waals surface area contributed by atoms with Gasteiger partial charge in [0.15, 0.2) is 5.69 Å². The van der Waals surface area contributed by atoms with Crippen molar-refractivity contribution in [1.29, 1.82) is 0 Å². The molecule has 0 aliphatic carbocycles. The molecule has 3 aromatic rings. The van der Waals surface area contributed by atoms with Gasteiger partial charge in [-0.1, -0.05) is 36.2 Å². The molecule has 1 aromatic heterocycles. The van der Waals surface area contributed by atoms with E-state index in [0.717, 1.165) is 16.3 Å². The van der Waals surface area contributed by atoms with Gasteiger partial charge in [0.25, 0.3) is 16.8 Å². The number of ether oxygens (including phenoxy) is 1. The topological polar surface area (TPSA) is 145 Å². The Morgan fingerprint density at radius 2 is 1.72 bits per heavy atom. The first-order valence-electron chi connectivity index (χ1n) is 13.0. The van der Waals surface area contributed by atoms with Crippen LogP contribution in [0.15, 0.2) is 70.0 Å². The Balaban J connectivity index is 1.55. The third-order valence-electron chi connectivity index (χ3n) is 5.93. The van der Waals surface area contributed by atoms with Crippen molar-refractivity contribution in [2.45, 2.75) is 50.6 Å². The summed E-state index contributed by atoms with van der Waals surface area (Å²) in [5, 5.41) is 12.3. The Bertz CT molecular complexity index is 1520. The fraction of sp³-hybridized carbons (Fsp3) is 0.370. The van der Waals surface area contributed by atoms with Gasteiger partial charge in [-0.3, -0.25) is 14.6 Å². The predicted octanol–water partition coefficient (Wildman–Crippen LogP) is 4.98. The Hall–Kier alpha value is -4.47. The summed E-state index contributed by atoms with van der Waals surface area (Å²) in [6.45, 7) is 3.21. The Morgan fingerprint density at radius 1 is 1.05 bits per heavy atom. The molecule has 0 aliphatic heterocycles. The van der Waals surface area contributed by atoms with Crippen molar-refractivity contribution < 1.29 is 40.8 Å². The van der Waals surface area contributed by atoms with Crippen LogP contribution >= 0.6 is 0 Å². The molecule has 0 atom stereocenters. The van der Waals surface area contributed by atoms with Gasteiger partial charge in [-0.2, -0.15) is 18.3 Å². The summed E-state index contributed by atoms with van der Waals surface area (Å²) >= 11 is 0. The number of nitrogens with one attached hydrogen (secondary N) is 1. The van der Waals surface area contributed by atoms with E-state index in [4.69, 9.17) is 0 Å². The Labute approximate surface area is 246 Å². The first-order valence-corrected chi connectivity index (χ1v) is 14.5. The van der Waals surface area contributed by atoms with E-state index in [9.17, 15) is 31.2 Å². The molecule has 2 aromatic carbocycles. The lowest BCUT2D eigenvalue weighted by atomic mass is 10.1. The number of halogens is 3. The van der Waals surface area contributed by atoms with Crippen LogP contribution in [0, 0.1) is 6.92 Å². The molecular formula is C27H31F3N6O6S. The number of hydrogen-bond acceptors (Lipinski definition) is 9. The fourth-order valence-corrected chi connectivity index (χ4v) is 4.76. The molecule has 0 aliphatic rings. The molecule has 0 saturated carbocycles. The predicted molar refractivity (Wildman–Crippen MR) is 148 cm³/mol. The lowest BCUT2D eigenvalue weighted by molar-refractivity contribution is -0.154. The zero-order valence-corrected chi connectivity index (χ0v) is 24.5. The average Bonchev–Trinajstić information content (AvgIpc) is 3.39. The number of rotatable bonds is 14. The highest BCUT2D eigenvalue weighted by Crippen LogP contribution is 2.33. The van der Waals surface area contributed by atoms with Crippen molar-refractivity contribution in [2.75, 3.05) is 20.4 Å². The van der Waals surface area contributed by atoms with Gasteiger partial charge in [-0.25, -0.2) is 17.8 Å². The van der Waals surface area contributed by atoms with Gasteiger partial charge in [0, 0.05) is 37.8 Å². The van der Waals surface area contributed by atoms with Crippen LogP contribution in [-0.2, 0) is 35.4 Å². The average molecular weight is 625 g/mol. The summed E-state index contributed by atoms with van der Waals surface area (Å²) in [6.07, 6.45) is -3.07. The highest BCUT2D eigenvalue weighted by Gasteiger charge is 2.35. The molecular weight excluding hydrogens is 593 g/mol. The number of unbranched alkanes of at least 4 members (excludes halogenated alkanes) is 2. The van der Waals surface area contributed by atoms with E-state index >= 15 is 0 Å². The molecule has 16 heteroatoms. The summed E-state index contributed by atoms with van der Waals surface area (Å²) in [4.78, 5) is 27.3. The van der Waals surface area contributed by atoms with Crippen molar-refractivity contribution in [3.05, 3.63) is 65.9 Å². The zero-order valence-electron chi connectivity index (χ0n) is 23.7. The number of aryl methyl sites for hydroxylation is 1. The number of carbonyl (C=O) groups is 2. The van der Waals surface area contributed by atoms with Gasteiger partial charge in [0.1, 0.15) is 0 Å². The van der Waals surface area contributed by atoms with Gasteiger partial charge in [-0.15, -0.1) is 0 Å². The van der Waals surface area contributed by atoms with Crippen LogP contribution < -0.4 is 4.72 Å². The number of sulfonamides is 1. The monoisotopic (exact) mass is 624 g/mol. The van der Waals surface area contributed by atoms with Gasteiger partial charge in [0.2, 0.25) is 5.91 Å². The van der Waals surface area contributed by atoms with E-state index in [2.05, 4.69) is 25.2 Å². The van der Waals surface area contributed by atoms with E-state index in [1.807, 2.05) is 11.6 Å². The molecule has 0 unspecified atom stereocenters. The molecule has 3 rings (SSSR count). The number of nitrogens with zero attached hydrogens (tertiary/aromatic N) is 5. The molecule has 1 amide bonds. The molecule has 0 fully saturated rings. The van der Waals surface area contributed by atoms with Crippen molar-refractivity contribution in [3.63, 3.8) is 0 Å². The number of benzene rings is 2. The molecule has 0 spiro atoms. The number of esters is 1. The molecule has 0 saturated heterocycles. The lowest BCUT2D eigenvalue weighted by Gasteiger charge is -2.11. The smallest absolute Gasteiger partial charge is 0.426 e. The molecule has 232 valence electrons. The maximum atomic E-state index is 13.5. The SMILES string of the molecule is CC(=O)OCO/N=N\N(C)CCCCCC(=O)NS(=O)(=O)c1ccc(-n2nc(C(F)(F)F)cc2-c2ccc(C)cc2)cc1. The first-order chi connectivity index (χ1) is 20.3. The number of aromatic nitrogens is 2. The van der Waals surface area contributed by atoms with Crippen LogP contribution in [0.4, 0.5) is 13.2 Å². The van der Waals surface area contributed by atoms with Crippen molar-refractivity contribution in [1.82, 2.24) is 19.5 Å². The largest absolute Gasteiger partial charge is 0.435 e. The fourth-order valence-electron chi connectivity index (χ4n) is 3.74. The van der Waals surface area contributed by atoms with E-state index in [1.165, 1.54) is 36.2 Å². The standard InChI is InChI=1S/C27H31F3N6O6S/c1-19-8-10-21(11-9-19)24-17-25(27(28,29)30)31-36(24)22-12-14-23(15-13-22)43(39,40)32-26(38)7-5-4-6-16-35(3)33-34-42-18-41-20(2)37/h8-15,17H,4-7,16,18H2,1-3H3,(H,32,38)/b34-33-. The summed E-state index contributed by atoms with van der Waals surface area (Å²) in [5.41, 5.74) is 0.723. The normalized spacial score (nSPS) is 11.9. The van der Waals surface area contributed by atoms with Gasteiger partial charge in [-0.05, 0) is 55.3 Å². The maximum Gasteiger partial charge on any atom is 0.435 e. The summed E-state index contributed by atoms with van der Waals surface area (Å²) in [5.74, 6) is -1.21. The van der Waals surface area contributed by atoms with Crippen LogP contribution in [0.3, 0.4) is 0 Å². The van der Waals surface area contributed by atoms with Crippen LogP contribution in [0.25, 0.3) is 16.9 Å². The van der Waals surface area contributed by atoms with E-state index in [1.54, 1.807) is 31.3 Å². The third kappa shape index (κ3) is 10.1. The molecule has 1 N–H and O–H groups in total. The number of alkyl halides is 3. The quantitative estimate of drug-likeness (QED) is 0.0869. The summed E-state index contributed by atoms with van der Waals surface area (Å²) < 4.78 is 73.5. The minimum absolute atomic E-state index is 0.0402. The van der Waals surface area contributed by atoms with Crippen molar-refractivity contribution >= 4 is 21.9 Å². The number of amides is 1. The molecule has 1 heterocycles. The van der Waals surface area contributed by atoms with Gasteiger partial charge >= 0.3 is 12.1 Å². The van der Waals surface area contributed by atoms with E-state index < -0.39 is 33.8 Å². The summed E-state index contributed by atoms with van der Waals surface area (Å²) in [6, 6.07) is 12.8. The maximum absolute atomic E-state index is 13.5. The molecule has 0 bridgehead atoms. The van der Waals surface area contributed by atoms with Crippen LogP contribution in [-0.4, -0.2) is 55.5 Å². The third-order valence-corrected chi connectivity index (χ3v) is 7.32. The van der Waals surface area contributed by atoms with Crippen molar-refractivity contribution in [3.8, 4) is 16.9 Å². The summed E-state index contributed by atoms with van der Waals surface area (Å²) in [7, 11) is -2.56. The second-order valence-electron chi connectivity index (χ2n) is 9.46. The lowest BCUT2D eigenvalue weighted by Crippen LogP contribution is -2.30. The van der Waals surface area contributed by atoms with Gasteiger partial charge < -0.3 is 9.57 Å². The minimum atomic E-state index is -4.68. The molecule has 43 heavy (non-hydrogen) atoms. The van der Waals surface area contributed by atoms with Gasteiger partial charge in [0.05, 0.1) is 16.3 Å². The Morgan fingerprint density at radius 3 is 2.35 bits per heavy atom. The molecule has 0 radical (unpaired) electrons. The molecule has 12 nitrogen and oxygen atoms in total. The second-order valence-corrected chi connectivity index (χ2v) is 11.1. The zero-order chi connectivity index (χ0) is 31.6. The number of carbonyl (C=O) groups excluding carboxylic acids is 2. The van der Waals surface area contributed by atoms with E-state index in [-0.39, 0.29) is 29.5 Å². The van der Waals surface area contributed by atoms with Crippen LogP contribution in [0.1, 0.15) is 43.9 Å². The van der Waals surface area contributed by atoms with Crippen LogP contribution in [0.2, 0.25) is 0 Å². The highest BCUT2D eigenvalue weighted by atomic mass is 32.2. The minimum Gasteiger partial charge on any atom is -0.426 e. The van der Waals surface area contributed by atoms with Crippen molar-refractivity contribution in [2.24, 2.45) is 10.5 Å². The first kappa shape index (κ1) is 33.0. The second kappa shape index (κ2) is 14.6. The highest BCUT2D eigenvalue weighted by molar-refractivity contribution is 7.90. The Kier molecular flexibility index (Phi) is 11.2.